The number of carboxylic acid groups (broad SMARTS) is 1. The van der Waals surface area contributed by atoms with Crippen molar-refractivity contribution in [3.8, 4) is 0 Å². The van der Waals surface area contributed by atoms with E-state index < -0.39 is 11.5 Å². The molecule has 0 aromatic heterocycles. The van der Waals surface area contributed by atoms with E-state index in [0.717, 1.165) is 19.3 Å². The van der Waals surface area contributed by atoms with Crippen LogP contribution in [0.5, 0.6) is 0 Å². The molecule has 0 heterocycles. The number of nitrogens with zero attached hydrogens (tertiary/aromatic N) is 3. The molecule has 0 radical (unpaired) electrons. The van der Waals surface area contributed by atoms with Gasteiger partial charge >= 0.3 is 5.97 Å². The number of aliphatic carboxylic acids is 1. The van der Waals surface area contributed by atoms with E-state index in [9.17, 15) is 9.90 Å². The molecule has 0 bridgehead atoms. The van der Waals surface area contributed by atoms with Crippen LogP contribution in [-0.2, 0) is 4.79 Å². The lowest BCUT2D eigenvalue weighted by Crippen LogP contribution is -2.52. The molecule has 1 aliphatic rings. The number of carboxylic acids is 1. The summed E-state index contributed by atoms with van der Waals surface area (Å²) >= 11 is 0. The zero-order valence-corrected chi connectivity index (χ0v) is 10.2. The number of rotatable bonds is 5. The Morgan fingerprint density at radius 1 is 1.59 bits per heavy atom. The van der Waals surface area contributed by atoms with Crippen LogP contribution < -0.4 is 5.32 Å². The molecule has 1 aliphatic carbocycles. The molecule has 2 unspecified atom stereocenters. The van der Waals surface area contributed by atoms with Crippen LogP contribution >= 0.6 is 0 Å². The quantitative estimate of drug-likeness (QED) is 0.253. The van der Waals surface area contributed by atoms with Gasteiger partial charge in [-0.2, -0.15) is 0 Å². The van der Waals surface area contributed by atoms with Crippen LogP contribution in [0, 0.1) is 5.92 Å². The van der Waals surface area contributed by atoms with Crippen LogP contribution in [0.2, 0.25) is 0 Å². The fraction of sp³-hybridized carbons (Fsp3) is 0.909. The summed E-state index contributed by atoms with van der Waals surface area (Å²) in [4.78, 5) is 14.1. The van der Waals surface area contributed by atoms with Crippen molar-refractivity contribution in [3.05, 3.63) is 10.4 Å². The van der Waals surface area contributed by atoms with Crippen molar-refractivity contribution < 1.29 is 9.90 Å². The average Bonchev–Trinajstić information content (AvgIpc) is 2.48. The third-order valence-electron chi connectivity index (χ3n) is 3.51. The Bertz CT molecular complexity index is 315. The number of nitrogens with one attached hydrogen (secondary N) is 1. The van der Waals surface area contributed by atoms with Gasteiger partial charge in [0.05, 0.1) is 0 Å². The van der Waals surface area contributed by atoms with E-state index in [-0.39, 0.29) is 0 Å². The number of carbonyl (C=O) groups is 1. The maximum Gasteiger partial charge on any atom is 0.323 e. The van der Waals surface area contributed by atoms with E-state index in [1.807, 2.05) is 0 Å². The van der Waals surface area contributed by atoms with Crippen molar-refractivity contribution in [1.82, 2.24) is 5.32 Å². The molecule has 0 aromatic rings. The summed E-state index contributed by atoms with van der Waals surface area (Å²) in [7, 11) is 0. The van der Waals surface area contributed by atoms with E-state index >= 15 is 0 Å². The fourth-order valence-electron chi connectivity index (χ4n) is 2.37. The van der Waals surface area contributed by atoms with Crippen LogP contribution in [0.15, 0.2) is 5.11 Å². The first-order chi connectivity index (χ1) is 8.10. The molecule has 1 saturated carbocycles. The Morgan fingerprint density at radius 2 is 2.35 bits per heavy atom. The van der Waals surface area contributed by atoms with E-state index in [1.54, 1.807) is 0 Å². The largest absolute Gasteiger partial charge is 0.480 e. The topological polar surface area (TPSA) is 98.1 Å². The molecular weight excluding hydrogens is 220 g/mol. The highest BCUT2D eigenvalue weighted by molar-refractivity contribution is 5.78. The van der Waals surface area contributed by atoms with Crippen molar-refractivity contribution in [3.63, 3.8) is 0 Å². The van der Waals surface area contributed by atoms with Crippen molar-refractivity contribution in [2.75, 3.05) is 13.1 Å². The third kappa shape index (κ3) is 3.91. The van der Waals surface area contributed by atoms with Gasteiger partial charge in [0.1, 0.15) is 5.54 Å². The number of azide groups is 1. The molecule has 0 aromatic carbocycles. The molecule has 2 atom stereocenters. The Morgan fingerprint density at radius 3 is 3.00 bits per heavy atom. The van der Waals surface area contributed by atoms with Crippen LogP contribution in [-0.4, -0.2) is 29.7 Å². The standard InChI is InChI=1S/C11H20N4O2/c1-9-3-2-5-11(6-4-9,10(16)17)13-7-8-14-15-12/h9,13H,2-8H2,1H3,(H,16,17). The Kier molecular flexibility index (Phi) is 5.25. The maximum absolute atomic E-state index is 11.4. The second-order valence-corrected chi connectivity index (χ2v) is 4.80. The Hall–Kier alpha value is -1.26. The first-order valence-corrected chi connectivity index (χ1v) is 6.10. The SMILES string of the molecule is CC1CCCC(NCCN=[N+]=[N-])(C(=O)O)CC1. The summed E-state index contributed by atoms with van der Waals surface area (Å²) in [6.45, 7) is 2.88. The average molecular weight is 240 g/mol. The first kappa shape index (κ1) is 13.8. The second-order valence-electron chi connectivity index (χ2n) is 4.80. The van der Waals surface area contributed by atoms with Crippen LogP contribution in [0.3, 0.4) is 0 Å². The minimum Gasteiger partial charge on any atom is -0.480 e. The van der Waals surface area contributed by atoms with Crippen LogP contribution in [0.1, 0.15) is 39.0 Å². The fourth-order valence-corrected chi connectivity index (χ4v) is 2.37. The van der Waals surface area contributed by atoms with Crippen molar-refractivity contribution in [2.24, 2.45) is 11.0 Å². The molecule has 6 heteroatoms. The normalized spacial score (nSPS) is 29.1. The van der Waals surface area contributed by atoms with Gasteiger partial charge in [-0.3, -0.25) is 4.79 Å². The second kappa shape index (κ2) is 6.47. The summed E-state index contributed by atoms with van der Waals surface area (Å²) in [5, 5.41) is 15.9. The van der Waals surface area contributed by atoms with Crippen LogP contribution in [0.4, 0.5) is 0 Å². The van der Waals surface area contributed by atoms with Gasteiger partial charge in [-0.25, -0.2) is 0 Å². The van der Waals surface area contributed by atoms with Gasteiger partial charge in [0.15, 0.2) is 0 Å². The predicted molar refractivity (Wildman–Crippen MR) is 64.6 cm³/mol. The van der Waals surface area contributed by atoms with Gasteiger partial charge in [0.2, 0.25) is 0 Å². The Labute approximate surface area is 101 Å². The molecule has 6 nitrogen and oxygen atoms in total. The van der Waals surface area contributed by atoms with Gasteiger partial charge in [0.25, 0.3) is 0 Å². The van der Waals surface area contributed by atoms with Crippen molar-refractivity contribution in [1.29, 1.82) is 0 Å². The minimum absolute atomic E-state index is 0.293. The lowest BCUT2D eigenvalue weighted by atomic mass is 9.90. The number of hydrogen-bond donors (Lipinski definition) is 2. The highest BCUT2D eigenvalue weighted by atomic mass is 16.4. The smallest absolute Gasteiger partial charge is 0.323 e. The van der Waals surface area contributed by atoms with Gasteiger partial charge in [0, 0.05) is 18.0 Å². The molecular formula is C11H20N4O2. The minimum atomic E-state index is -0.824. The van der Waals surface area contributed by atoms with E-state index in [2.05, 4.69) is 22.3 Å². The Balaban J connectivity index is 2.61. The third-order valence-corrected chi connectivity index (χ3v) is 3.51. The zero-order chi connectivity index (χ0) is 12.7. The van der Waals surface area contributed by atoms with Crippen LogP contribution in [0.25, 0.3) is 10.4 Å². The monoisotopic (exact) mass is 240 g/mol. The molecule has 1 rings (SSSR count). The van der Waals surface area contributed by atoms with E-state index in [4.69, 9.17) is 5.53 Å². The van der Waals surface area contributed by atoms with Gasteiger partial charge in [-0.15, -0.1) is 0 Å². The predicted octanol–water partition coefficient (Wildman–Crippen LogP) is 2.31. The lowest BCUT2D eigenvalue weighted by molar-refractivity contribution is -0.145. The van der Waals surface area contributed by atoms with E-state index in [0.29, 0.717) is 31.8 Å². The van der Waals surface area contributed by atoms with Crippen molar-refractivity contribution >= 4 is 5.97 Å². The zero-order valence-electron chi connectivity index (χ0n) is 10.2. The molecule has 1 fully saturated rings. The molecule has 0 spiro atoms. The summed E-state index contributed by atoms with van der Waals surface area (Å²) < 4.78 is 0. The van der Waals surface area contributed by atoms with Gasteiger partial charge in [-0.05, 0) is 30.7 Å². The maximum atomic E-state index is 11.4. The molecule has 17 heavy (non-hydrogen) atoms. The van der Waals surface area contributed by atoms with E-state index in [1.165, 1.54) is 0 Å². The summed E-state index contributed by atoms with van der Waals surface area (Å²) in [5.41, 5.74) is 7.35. The highest BCUT2D eigenvalue weighted by Crippen LogP contribution is 2.30. The molecule has 0 amide bonds. The van der Waals surface area contributed by atoms with Gasteiger partial charge < -0.3 is 10.4 Å². The first-order valence-electron chi connectivity index (χ1n) is 6.10. The number of hydrogen-bond acceptors (Lipinski definition) is 3. The van der Waals surface area contributed by atoms with Gasteiger partial charge in [-0.1, -0.05) is 24.9 Å². The molecule has 96 valence electrons. The molecule has 0 aliphatic heterocycles. The summed E-state index contributed by atoms with van der Waals surface area (Å²) in [6, 6.07) is 0. The summed E-state index contributed by atoms with van der Waals surface area (Å²) in [6.07, 6.45) is 4.26. The molecule has 0 saturated heterocycles. The van der Waals surface area contributed by atoms with Crippen molar-refractivity contribution in [2.45, 2.75) is 44.6 Å². The lowest BCUT2D eigenvalue weighted by Gasteiger charge is -2.29. The molecule has 2 N–H and O–H groups in total. The summed E-state index contributed by atoms with van der Waals surface area (Å²) in [5.74, 6) is -0.192. The highest BCUT2D eigenvalue weighted by Gasteiger charge is 2.38.